The number of nitrogens with zero attached hydrogens (tertiary/aromatic N) is 2. The van der Waals surface area contributed by atoms with Gasteiger partial charge < -0.3 is 14.6 Å². The Morgan fingerprint density at radius 3 is 2.55 bits per heavy atom. The second-order valence-corrected chi connectivity index (χ2v) is 7.86. The Bertz CT molecular complexity index is 1410. The van der Waals surface area contributed by atoms with Gasteiger partial charge in [-0.1, -0.05) is 29.8 Å². The number of anilines is 1. The number of halogens is 1. The number of rotatable bonds is 6. The van der Waals surface area contributed by atoms with E-state index in [1.165, 1.54) is 19.1 Å². The zero-order valence-electron chi connectivity index (χ0n) is 17.9. The van der Waals surface area contributed by atoms with E-state index in [4.69, 9.17) is 16.3 Å². The summed E-state index contributed by atoms with van der Waals surface area (Å²) in [6.07, 6.45) is -1.15. The van der Waals surface area contributed by atoms with Crippen LogP contribution >= 0.6 is 11.6 Å². The molecule has 0 spiro atoms. The summed E-state index contributed by atoms with van der Waals surface area (Å²) in [4.78, 5) is 35.4. The van der Waals surface area contributed by atoms with Gasteiger partial charge in [-0.05, 0) is 44.2 Å². The minimum absolute atomic E-state index is 0.00373. The molecule has 1 atom stereocenters. The molecule has 0 bridgehead atoms. The zero-order valence-corrected chi connectivity index (χ0v) is 18.6. The largest absolute Gasteiger partial charge is 0.449 e. The molecule has 0 saturated carbocycles. The number of ether oxygens (including phenoxy) is 1. The summed E-state index contributed by atoms with van der Waals surface area (Å²) in [5, 5.41) is 15.8. The molecule has 1 aromatic heterocycles. The lowest BCUT2D eigenvalue weighted by Gasteiger charge is -2.14. The molecule has 4 aromatic rings. The Hall–Kier alpha value is -3.91. The van der Waals surface area contributed by atoms with Crippen molar-refractivity contribution in [2.75, 3.05) is 5.32 Å². The predicted molar refractivity (Wildman–Crippen MR) is 127 cm³/mol. The Labute approximate surface area is 193 Å². The van der Waals surface area contributed by atoms with Crippen molar-refractivity contribution in [1.29, 1.82) is 0 Å². The number of hydrogen-bond donors (Lipinski definition) is 1. The molecule has 1 heterocycles. The molecule has 168 valence electrons. The van der Waals surface area contributed by atoms with Crippen molar-refractivity contribution in [2.45, 2.75) is 26.5 Å². The maximum absolute atomic E-state index is 12.7. The molecular formula is C24H20ClN3O5. The number of carbonyl (C=O) groups is 2. The fraction of sp³-hybridized carbons (Fsp3) is 0.167. The molecule has 0 aliphatic heterocycles. The first-order chi connectivity index (χ1) is 15.8. The van der Waals surface area contributed by atoms with E-state index in [-0.39, 0.29) is 16.3 Å². The summed E-state index contributed by atoms with van der Waals surface area (Å²) in [5.41, 5.74) is 2.23. The molecule has 3 aromatic carbocycles. The molecule has 0 unspecified atom stereocenters. The average Bonchev–Trinajstić information content (AvgIpc) is 3.12. The Morgan fingerprint density at radius 1 is 1.09 bits per heavy atom. The van der Waals surface area contributed by atoms with Crippen LogP contribution in [0.1, 0.15) is 24.2 Å². The van der Waals surface area contributed by atoms with Crippen molar-refractivity contribution in [2.24, 2.45) is 0 Å². The van der Waals surface area contributed by atoms with Gasteiger partial charge in [0.2, 0.25) is 0 Å². The summed E-state index contributed by atoms with van der Waals surface area (Å²) < 4.78 is 7.40. The third kappa shape index (κ3) is 4.25. The molecule has 1 amide bonds. The topological polar surface area (TPSA) is 103 Å². The fourth-order valence-electron chi connectivity index (χ4n) is 3.78. The average molecular weight is 466 g/mol. The van der Waals surface area contributed by atoms with E-state index in [9.17, 15) is 19.7 Å². The number of carbonyl (C=O) groups excluding carboxylic acids is 2. The van der Waals surface area contributed by atoms with Gasteiger partial charge in [0.25, 0.3) is 11.6 Å². The normalized spacial score (nSPS) is 12.0. The van der Waals surface area contributed by atoms with Crippen molar-refractivity contribution in [1.82, 2.24) is 4.57 Å². The van der Waals surface area contributed by atoms with Gasteiger partial charge in [0.15, 0.2) is 6.10 Å². The number of hydrogen-bond acceptors (Lipinski definition) is 5. The fourth-order valence-corrected chi connectivity index (χ4v) is 3.97. The van der Waals surface area contributed by atoms with E-state index in [0.717, 1.165) is 34.4 Å². The minimum atomic E-state index is -1.15. The molecule has 9 heteroatoms. The second-order valence-electron chi connectivity index (χ2n) is 7.45. The number of nitro benzene ring substituents is 1. The molecule has 0 aliphatic rings. The molecule has 1 N–H and O–H groups in total. The van der Waals surface area contributed by atoms with E-state index in [0.29, 0.717) is 5.69 Å². The van der Waals surface area contributed by atoms with Gasteiger partial charge in [-0.25, -0.2) is 4.79 Å². The first kappa shape index (κ1) is 22.3. The summed E-state index contributed by atoms with van der Waals surface area (Å²) in [6, 6.07) is 17.1. The number of fused-ring (bicyclic) bond motifs is 3. The van der Waals surface area contributed by atoms with Gasteiger partial charge in [0.05, 0.1) is 15.5 Å². The van der Waals surface area contributed by atoms with Crippen LogP contribution in [0.25, 0.3) is 21.8 Å². The van der Waals surface area contributed by atoms with Crippen LogP contribution in [0.4, 0.5) is 11.4 Å². The quantitative estimate of drug-likeness (QED) is 0.228. The first-order valence-corrected chi connectivity index (χ1v) is 10.6. The number of esters is 1. The van der Waals surface area contributed by atoms with Crippen molar-refractivity contribution in [3.05, 3.63) is 81.4 Å². The molecule has 0 radical (unpaired) electrons. The van der Waals surface area contributed by atoms with Crippen LogP contribution in [0, 0.1) is 10.1 Å². The lowest BCUT2D eigenvalue weighted by atomic mass is 10.1. The third-order valence-corrected chi connectivity index (χ3v) is 5.72. The van der Waals surface area contributed by atoms with Gasteiger partial charge in [-0.15, -0.1) is 0 Å². The molecule has 0 saturated heterocycles. The van der Waals surface area contributed by atoms with Crippen LogP contribution < -0.4 is 5.32 Å². The lowest BCUT2D eigenvalue weighted by Crippen LogP contribution is -2.30. The maximum Gasteiger partial charge on any atom is 0.340 e. The molecule has 0 aliphatic carbocycles. The van der Waals surface area contributed by atoms with Crippen molar-refractivity contribution in [3.63, 3.8) is 0 Å². The zero-order chi connectivity index (χ0) is 23.7. The monoisotopic (exact) mass is 465 g/mol. The first-order valence-electron chi connectivity index (χ1n) is 10.3. The molecule has 8 nitrogen and oxygen atoms in total. The van der Waals surface area contributed by atoms with Gasteiger partial charge >= 0.3 is 5.97 Å². The molecule has 0 fully saturated rings. The number of non-ortho nitro benzene ring substituents is 1. The Balaban J connectivity index is 1.53. The second kappa shape index (κ2) is 8.91. The van der Waals surface area contributed by atoms with Gasteiger partial charge in [-0.3, -0.25) is 14.9 Å². The summed E-state index contributed by atoms with van der Waals surface area (Å²) in [6.45, 7) is 4.30. The number of aryl methyl sites for hydroxylation is 1. The van der Waals surface area contributed by atoms with Crippen molar-refractivity contribution < 1.29 is 19.2 Å². The van der Waals surface area contributed by atoms with Crippen LogP contribution in [-0.2, 0) is 16.1 Å². The highest BCUT2D eigenvalue weighted by Gasteiger charge is 2.23. The molecule has 33 heavy (non-hydrogen) atoms. The highest BCUT2D eigenvalue weighted by Crippen LogP contribution is 2.31. The summed E-state index contributed by atoms with van der Waals surface area (Å²) >= 11 is 5.98. The van der Waals surface area contributed by atoms with E-state index in [1.807, 2.05) is 30.3 Å². The third-order valence-electron chi connectivity index (χ3n) is 5.39. The number of para-hydroxylation sites is 1. The summed E-state index contributed by atoms with van der Waals surface area (Å²) in [5.74, 6) is -1.46. The standard InChI is InChI=1S/C24H20ClN3O5/c1-3-27-21-7-5-4-6-17(21)18-12-15(8-11-22(18)27)26-23(29)14(2)33-24(30)19-13-16(28(31)32)9-10-20(19)25/h4-14H,3H2,1-2H3,(H,26,29)/t14-/m0/s1. The predicted octanol–water partition coefficient (Wildman–Crippen LogP) is 5.56. The van der Waals surface area contributed by atoms with Crippen LogP contribution in [0.2, 0.25) is 5.02 Å². The Kier molecular flexibility index (Phi) is 6.02. The SMILES string of the molecule is CCn1c2ccccc2c2cc(NC(=O)[C@H](C)OC(=O)c3cc([N+](=O)[O-])ccc3Cl)ccc21. The van der Waals surface area contributed by atoms with Crippen LogP contribution in [-0.4, -0.2) is 27.5 Å². The maximum atomic E-state index is 12.7. The highest BCUT2D eigenvalue weighted by molar-refractivity contribution is 6.33. The Morgan fingerprint density at radius 2 is 1.82 bits per heavy atom. The molecular weight excluding hydrogens is 446 g/mol. The number of aromatic nitrogens is 1. The van der Waals surface area contributed by atoms with Crippen LogP contribution in [0.5, 0.6) is 0 Å². The van der Waals surface area contributed by atoms with Gasteiger partial charge in [0.1, 0.15) is 0 Å². The highest BCUT2D eigenvalue weighted by atomic mass is 35.5. The lowest BCUT2D eigenvalue weighted by molar-refractivity contribution is -0.384. The van der Waals surface area contributed by atoms with Crippen molar-refractivity contribution >= 4 is 56.7 Å². The number of amides is 1. The number of nitrogens with one attached hydrogen (secondary N) is 1. The molecule has 4 rings (SSSR count). The van der Waals surface area contributed by atoms with E-state index in [2.05, 4.69) is 22.9 Å². The number of benzene rings is 3. The van der Waals surface area contributed by atoms with E-state index in [1.54, 1.807) is 6.07 Å². The van der Waals surface area contributed by atoms with E-state index >= 15 is 0 Å². The van der Waals surface area contributed by atoms with E-state index < -0.39 is 22.9 Å². The minimum Gasteiger partial charge on any atom is -0.449 e. The number of nitro groups is 1. The smallest absolute Gasteiger partial charge is 0.340 e. The van der Waals surface area contributed by atoms with Crippen molar-refractivity contribution in [3.8, 4) is 0 Å². The van der Waals surface area contributed by atoms with Gasteiger partial charge in [0, 0.05) is 46.2 Å². The van der Waals surface area contributed by atoms with Crippen LogP contribution in [0.3, 0.4) is 0 Å². The van der Waals surface area contributed by atoms with Gasteiger partial charge in [-0.2, -0.15) is 0 Å². The van der Waals surface area contributed by atoms with Crippen LogP contribution in [0.15, 0.2) is 60.7 Å². The summed E-state index contributed by atoms with van der Waals surface area (Å²) in [7, 11) is 0.